The van der Waals surface area contributed by atoms with Crippen LogP contribution in [0, 0.1) is 6.92 Å². The number of ether oxygens (including phenoxy) is 2. The van der Waals surface area contributed by atoms with Gasteiger partial charge in [0.15, 0.2) is 0 Å². The number of primary amides is 1. The largest absolute Gasteiger partial charge is 0.459 e. The SMILES string of the molecule is Cc1cn([C@H]2C[C@H](OC(=O)CCC(N)=O)[C@@H](CO)O2)c(=O)[nH]c1=O. The van der Waals surface area contributed by atoms with Gasteiger partial charge in [0.2, 0.25) is 5.91 Å². The summed E-state index contributed by atoms with van der Waals surface area (Å²) in [6, 6.07) is 0. The molecule has 0 unspecified atom stereocenters. The summed E-state index contributed by atoms with van der Waals surface area (Å²) in [5.41, 5.74) is 4.13. The molecule has 1 fully saturated rings. The van der Waals surface area contributed by atoms with Gasteiger partial charge in [-0.1, -0.05) is 0 Å². The first-order chi connectivity index (χ1) is 11.3. The Morgan fingerprint density at radius 3 is 2.79 bits per heavy atom. The van der Waals surface area contributed by atoms with Crippen LogP contribution in [0.1, 0.15) is 31.1 Å². The Labute approximate surface area is 136 Å². The Morgan fingerprint density at radius 1 is 1.46 bits per heavy atom. The summed E-state index contributed by atoms with van der Waals surface area (Å²) in [6.07, 6.45) is -1.23. The number of aryl methyl sites for hydroxylation is 1. The fourth-order valence-electron chi connectivity index (χ4n) is 2.41. The molecule has 1 amide bonds. The van der Waals surface area contributed by atoms with Crippen LogP contribution < -0.4 is 17.0 Å². The molecule has 1 saturated heterocycles. The number of rotatable bonds is 6. The number of aliphatic hydroxyl groups excluding tert-OH is 1. The number of H-pyrrole nitrogens is 1. The van der Waals surface area contributed by atoms with E-state index in [9.17, 15) is 24.3 Å². The van der Waals surface area contributed by atoms with Gasteiger partial charge >= 0.3 is 11.7 Å². The molecule has 10 heteroatoms. The number of amides is 1. The molecule has 0 spiro atoms. The number of hydrogen-bond donors (Lipinski definition) is 3. The van der Waals surface area contributed by atoms with Crippen molar-refractivity contribution < 1.29 is 24.2 Å². The summed E-state index contributed by atoms with van der Waals surface area (Å²) in [4.78, 5) is 47.8. The van der Waals surface area contributed by atoms with E-state index in [-0.39, 0.29) is 19.3 Å². The quantitative estimate of drug-likeness (QED) is 0.521. The Morgan fingerprint density at radius 2 is 2.17 bits per heavy atom. The summed E-state index contributed by atoms with van der Waals surface area (Å²) < 4.78 is 11.9. The van der Waals surface area contributed by atoms with E-state index in [1.54, 1.807) is 0 Å². The highest BCUT2D eigenvalue weighted by Gasteiger charge is 2.39. The lowest BCUT2D eigenvalue weighted by Crippen LogP contribution is -2.33. The highest BCUT2D eigenvalue weighted by atomic mass is 16.6. The van der Waals surface area contributed by atoms with Crippen LogP contribution in [0.15, 0.2) is 15.8 Å². The minimum absolute atomic E-state index is 0.124. The second-order valence-electron chi connectivity index (χ2n) is 5.52. The number of aliphatic hydroxyl groups is 1. The van der Waals surface area contributed by atoms with Crippen LogP contribution in [0.2, 0.25) is 0 Å². The summed E-state index contributed by atoms with van der Waals surface area (Å²) in [7, 11) is 0. The molecule has 4 N–H and O–H groups in total. The van der Waals surface area contributed by atoms with Gasteiger partial charge in [-0.25, -0.2) is 4.79 Å². The van der Waals surface area contributed by atoms with Gasteiger partial charge in [-0.3, -0.25) is 23.9 Å². The van der Waals surface area contributed by atoms with E-state index in [4.69, 9.17) is 15.2 Å². The van der Waals surface area contributed by atoms with Crippen LogP contribution in [-0.4, -0.2) is 45.3 Å². The van der Waals surface area contributed by atoms with Crippen LogP contribution in [0.5, 0.6) is 0 Å². The van der Waals surface area contributed by atoms with E-state index in [2.05, 4.69) is 4.98 Å². The van der Waals surface area contributed by atoms with Crippen molar-refractivity contribution in [1.82, 2.24) is 9.55 Å². The number of esters is 1. The van der Waals surface area contributed by atoms with Gasteiger partial charge in [0.05, 0.1) is 13.0 Å². The molecule has 1 aliphatic rings. The molecule has 10 nitrogen and oxygen atoms in total. The molecule has 1 aromatic rings. The third kappa shape index (κ3) is 4.09. The molecule has 24 heavy (non-hydrogen) atoms. The minimum Gasteiger partial charge on any atom is -0.459 e. The van der Waals surface area contributed by atoms with Crippen molar-refractivity contribution in [3.8, 4) is 0 Å². The third-order valence-electron chi connectivity index (χ3n) is 3.67. The van der Waals surface area contributed by atoms with Crippen LogP contribution in [-0.2, 0) is 19.1 Å². The fraction of sp³-hybridized carbons (Fsp3) is 0.571. The van der Waals surface area contributed by atoms with Crippen molar-refractivity contribution in [1.29, 1.82) is 0 Å². The zero-order chi connectivity index (χ0) is 17.9. The first-order valence-electron chi connectivity index (χ1n) is 7.38. The van der Waals surface area contributed by atoms with E-state index >= 15 is 0 Å². The second-order valence-corrected chi connectivity index (χ2v) is 5.52. The number of nitrogens with one attached hydrogen (secondary N) is 1. The summed E-state index contributed by atoms with van der Waals surface area (Å²) in [6.45, 7) is 1.12. The third-order valence-corrected chi connectivity index (χ3v) is 3.67. The molecule has 132 valence electrons. The van der Waals surface area contributed by atoms with Gasteiger partial charge in [-0.15, -0.1) is 0 Å². The lowest BCUT2D eigenvalue weighted by molar-refractivity contribution is -0.153. The highest BCUT2D eigenvalue weighted by Crippen LogP contribution is 2.30. The van der Waals surface area contributed by atoms with Gasteiger partial charge in [0, 0.05) is 24.6 Å². The van der Waals surface area contributed by atoms with Gasteiger partial charge in [0.1, 0.15) is 18.4 Å². The van der Waals surface area contributed by atoms with Crippen LogP contribution in [0.25, 0.3) is 0 Å². The number of nitrogens with zero attached hydrogens (tertiary/aromatic N) is 1. The molecule has 2 heterocycles. The van der Waals surface area contributed by atoms with Crippen molar-refractivity contribution in [3.05, 3.63) is 32.6 Å². The lowest BCUT2D eigenvalue weighted by Gasteiger charge is -2.16. The predicted octanol–water partition coefficient (Wildman–Crippen LogP) is -1.70. The number of aromatic nitrogens is 2. The maximum absolute atomic E-state index is 11.9. The van der Waals surface area contributed by atoms with Gasteiger partial charge in [-0.2, -0.15) is 0 Å². The van der Waals surface area contributed by atoms with E-state index < -0.39 is 48.2 Å². The molecule has 1 aromatic heterocycles. The average molecular weight is 341 g/mol. The molecule has 0 bridgehead atoms. The highest BCUT2D eigenvalue weighted by molar-refractivity contribution is 5.80. The van der Waals surface area contributed by atoms with Gasteiger partial charge in [-0.05, 0) is 6.92 Å². The summed E-state index contributed by atoms with van der Waals surface area (Å²) in [5.74, 6) is -1.27. The molecule has 0 aromatic carbocycles. The maximum atomic E-state index is 11.9. The zero-order valence-corrected chi connectivity index (χ0v) is 13.1. The Kier molecular flexibility index (Phi) is 5.52. The van der Waals surface area contributed by atoms with Gasteiger partial charge in [0.25, 0.3) is 5.56 Å². The lowest BCUT2D eigenvalue weighted by atomic mass is 10.2. The minimum atomic E-state index is -0.813. The molecule has 3 atom stereocenters. The van der Waals surface area contributed by atoms with Crippen LogP contribution in [0.4, 0.5) is 0 Å². The molecule has 1 aliphatic heterocycles. The maximum Gasteiger partial charge on any atom is 0.330 e. The Bertz CT molecular complexity index is 739. The number of carbonyl (C=O) groups is 2. The van der Waals surface area contributed by atoms with Crippen molar-refractivity contribution >= 4 is 11.9 Å². The number of hydrogen-bond acceptors (Lipinski definition) is 7. The Balaban J connectivity index is 2.10. The number of carbonyl (C=O) groups excluding carboxylic acids is 2. The molecular formula is C14H19N3O7. The summed E-state index contributed by atoms with van der Waals surface area (Å²) >= 11 is 0. The second kappa shape index (κ2) is 7.41. The van der Waals surface area contributed by atoms with Crippen LogP contribution >= 0.6 is 0 Å². The fourth-order valence-corrected chi connectivity index (χ4v) is 2.41. The molecule has 2 rings (SSSR count). The molecule has 0 radical (unpaired) electrons. The smallest absolute Gasteiger partial charge is 0.330 e. The predicted molar refractivity (Wildman–Crippen MR) is 80.0 cm³/mol. The summed E-state index contributed by atoms with van der Waals surface area (Å²) in [5, 5.41) is 9.36. The monoisotopic (exact) mass is 341 g/mol. The normalized spacial score (nSPS) is 23.2. The van der Waals surface area contributed by atoms with E-state index in [1.165, 1.54) is 17.7 Å². The number of nitrogens with two attached hydrogens (primary N) is 1. The van der Waals surface area contributed by atoms with Gasteiger partial charge < -0.3 is 20.3 Å². The first kappa shape index (κ1) is 17.9. The Hall–Kier alpha value is -2.46. The van der Waals surface area contributed by atoms with E-state index in [0.717, 1.165) is 0 Å². The van der Waals surface area contributed by atoms with Crippen molar-refractivity contribution in [2.24, 2.45) is 5.73 Å². The topological polar surface area (TPSA) is 154 Å². The molecule has 0 saturated carbocycles. The van der Waals surface area contributed by atoms with E-state index in [1.807, 2.05) is 0 Å². The molecular weight excluding hydrogens is 322 g/mol. The van der Waals surface area contributed by atoms with E-state index in [0.29, 0.717) is 5.56 Å². The first-order valence-corrected chi connectivity index (χ1v) is 7.38. The van der Waals surface area contributed by atoms with Crippen molar-refractivity contribution in [2.45, 2.75) is 44.6 Å². The zero-order valence-electron chi connectivity index (χ0n) is 13.1. The standard InChI is InChI=1S/C14H19N3O7/c1-7-5-17(14(22)16-13(7)21)11-4-8(9(6-18)23-11)24-12(20)3-2-10(15)19/h5,8-9,11,18H,2-4,6H2,1H3,(H2,15,19)(H,16,21,22)/t8-,9+,11+/m0/s1. The van der Waals surface area contributed by atoms with Crippen LogP contribution in [0.3, 0.4) is 0 Å². The van der Waals surface area contributed by atoms with Crippen molar-refractivity contribution in [3.63, 3.8) is 0 Å². The number of aromatic amines is 1. The molecule has 0 aliphatic carbocycles. The average Bonchev–Trinajstić information content (AvgIpc) is 2.91. The van der Waals surface area contributed by atoms with Crippen molar-refractivity contribution in [2.75, 3.05) is 6.61 Å².